The fourth-order valence-corrected chi connectivity index (χ4v) is 5.11. The average Bonchev–Trinajstić information content (AvgIpc) is 3.14. The Kier molecular flexibility index (Phi) is 6.19. The van der Waals surface area contributed by atoms with Crippen LogP contribution in [-0.2, 0) is 22.7 Å². The third-order valence-electron chi connectivity index (χ3n) is 6.91. The quantitative estimate of drug-likeness (QED) is 0.628. The Labute approximate surface area is 197 Å². The van der Waals surface area contributed by atoms with E-state index in [1.54, 1.807) is 29.3 Å². The van der Waals surface area contributed by atoms with E-state index in [-0.39, 0.29) is 29.8 Å². The molecular formula is C25H28N4O5. The highest BCUT2D eigenvalue weighted by atomic mass is 16.5. The molecule has 2 aromatic rings. The van der Waals surface area contributed by atoms with E-state index in [2.05, 4.69) is 15.2 Å². The van der Waals surface area contributed by atoms with Gasteiger partial charge in [0.2, 0.25) is 17.4 Å². The molecular weight excluding hydrogens is 436 g/mol. The summed E-state index contributed by atoms with van der Waals surface area (Å²) in [5.74, 6) is -0.200. The van der Waals surface area contributed by atoms with Crippen LogP contribution in [0.3, 0.4) is 0 Å². The topological polar surface area (TPSA) is 112 Å². The second kappa shape index (κ2) is 9.42. The molecule has 0 bridgehead atoms. The summed E-state index contributed by atoms with van der Waals surface area (Å²) in [6.07, 6.45) is 5.54. The molecule has 2 fully saturated rings. The minimum Gasteiger partial charge on any atom is -0.492 e. The summed E-state index contributed by atoms with van der Waals surface area (Å²) in [4.78, 5) is 54.8. The molecule has 1 aromatic carbocycles. The zero-order valence-electron chi connectivity index (χ0n) is 18.9. The summed E-state index contributed by atoms with van der Waals surface area (Å²) in [6.45, 7) is 2.51. The molecule has 3 aliphatic heterocycles. The fourth-order valence-electron chi connectivity index (χ4n) is 5.11. The minimum atomic E-state index is -0.622. The number of hydrogen-bond donors (Lipinski definition) is 2. The van der Waals surface area contributed by atoms with Crippen LogP contribution in [0, 0.1) is 0 Å². The van der Waals surface area contributed by atoms with Gasteiger partial charge < -0.3 is 14.6 Å². The van der Waals surface area contributed by atoms with Crippen molar-refractivity contribution in [3.63, 3.8) is 0 Å². The number of carbonyl (C=O) groups excluding carboxylic acids is 3. The van der Waals surface area contributed by atoms with Gasteiger partial charge in [-0.1, -0.05) is 6.42 Å². The second-order valence-corrected chi connectivity index (χ2v) is 9.21. The number of ether oxygens (including phenoxy) is 1. The van der Waals surface area contributed by atoms with Gasteiger partial charge in [0.1, 0.15) is 18.4 Å². The van der Waals surface area contributed by atoms with Gasteiger partial charge in [-0.15, -0.1) is 0 Å². The molecule has 178 valence electrons. The molecule has 3 aliphatic rings. The van der Waals surface area contributed by atoms with Gasteiger partial charge in [0.05, 0.1) is 0 Å². The van der Waals surface area contributed by atoms with E-state index in [4.69, 9.17) is 4.74 Å². The lowest BCUT2D eigenvalue weighted by Crippen LogP contribution is -2.52. The molecule has 1 aromatic heterocycles. The molecule has 34 heavy (non-hydrogen) atoms. The Morgan fingerprint density at radius 1 is 1.03 bits per heavy atom. The smallest absolute Gasteiger partial charge is 0.255 e. The van der Waals surface area contributed by atoms with Crippen LogP contribution in [0.2, 0.25) is 0 Å². The first kappa shape index (κ1) is 22.3. The summed E-state index contributed by atoms with van der Waals surface area (Å²) in [7, 11) is 0. The van der Waals surface area contributed by atoms with Crippen LogP contribution in [0.5, 0.6) is 5.75 Å². The Balaban J connectivity index is 1.23. The molecule has 0 spiro atoms. The van der Waals surface area contributed by atoms with Crippen molar-refractivity contribution in [2.45, 2.75) is 57.3 Å². The molecule has 2 saturated heterocycles. The van der Waals surface area contributed by atoms with Gasteiger partial charge in [0.15, 0.2) is 0 Å². The Morgan fingerprint density at radius 3 is 2.74 bits per heavy atom. The number of fused-ring (bicyclic) bond motifs is 1. The molecule has 2 atom stereocenters. The van der Waals surface area contributed by atoms with Gasteiger partial charge in [0, 0.05) is 43.4 Å². The number of piperidine rings is 2. The lowest BCUT2D eigenvalue weighted by molar-refractivity contribution is -0.136. The number of hydrogen-bond acceptors (Lipinski definition) is 6. The molecule has 0 saturated carbocycles. The van der Waals surface area contributed by atoms with E-state index in [0.717, 1.165) is 36.9 Å². The molecule has 4 heterocycles. The van der Waals surface area contributed by atoms with E-state index in [1.807, 2.05) is 12.1 Å². The second-order valence-electron chi connectivity index (χ2n) is 9.21. The van der Waals surface area contributed by atoms with E-state index >= 15 is 0 Å². The van der Waals surface area contributed by atoms with Crippen LogP contribution < -0.4 is 15.6 Å². The van der Waals surface area contributed by atoms with Gasteiger partial charge in [-0.3, -0.25) is 29.4 Å². The van der Waals surface area contributed by atoms with Gasteiger partial charge in [-0.2, -0.15) is 0 Å². The number of carbonyl (C=O) groups is 3. The molecule has 2 N–H and O–H groups in total. The average molecular weight is 465 g/mol. The van der Waals surface area contributed by atoms with Gasteiger partial charge in [-0.05, 0) is 61.2 Å². The van der Waals surface area contributed by atoms with Crippen molar-refractivity contribution < 1.29 is 19.1 Å². The standard InChI is InChI=1S/C25H28N4O5/c30-22-7-6-21(24(32)27-22)29-14-17-12-19(4-5-20(17)25(29)33)34-15-18-3-1-2-10-28(18)13-16-8-9-26-23(31)11-16/h4-5,8-9,11-12,18,21H,1-3,6-7,10,13-15H2,(H,26,31)(H,27,30,32). The molecule has 9 heteroatoms. The summed E-state index contributed by atoms with van der Waals surface area (Å²) in [5, 5.41) is 2.33. The summed E-state index contributed by atoms with van der Waals surface area (Å²) < 4.78 is 6.15. The van der Waals surface area contributed by atoms with Crippen LogP contribution in [0.1, 0.15) is 53.6 Å². The number of aromatic nitrogens is 1. The first-order chi connectivity index (χ1) is 16.5. The zero-order valence-corrected chi connectivity index (χ0v) is 18.9. The highest BCUT2D eigenvalue weighted by molar-refractivity contribution is 6.05. The number of nitrogens with one attached hydrogen (secondary N) is 2. The van der Waals surface area contributed by atoms with Crippen LogP contribution >= 0.6 is 0 Å². The number of benzene rings is 1. The lowest BCUT2D eigenvalue weighted by atomic mass is 10.0. The molecule has 2 unspecified atom stereocenters. The number of pyridine rings is 1. The third-order valence-corrected chi connectivity index (χ3v) is 6.91. The number of aromatic amines is 1. The van der Waals surface area contributed by atoms with Crippen molar-refractivity contribution in [2.75, 3.05) is 13.2 Å². The number of rotatable bonds is 6. The predicted octanol–water partition coefficient (Wildman–Crippen LogP) is 1.57. The molecule has 3 amide bonds. The molecule has 5 rings (SSSR count). The van der Waals surface area contributed by atoms with E-state index < -0.39 is 11.9 Å². The van der Waals surface area contributed by atoms with E-state index in [1.165, 1.54) is 0 Å². The van der Waals surface area contributed by atoms with Gasteiger partial charge in [-0.25, -0.2) is 0 Å². The Hall–Kier alpha value is -3.46. The highest BCUT2D eigenvalue weighted by Gasteiger charge is 2.39. The van der Waals surface area contributed by atoms with E-state index in [0.29, 0.717) is 37.4 Å². The van der Waals surface area contributed by atoms with Crippen LogP contribution in [-0.4, -0.2) is 57.7 Å². The molecule has 0 radical (unpaired) electrons. The van der Waals surface area contributed by atoms with Crippen molar-refractivity contribution in [3.05, 3.63) is 63.6 Å². The number of imide groups is 1. The predicted molar refractivity (Wildman–Crippen MR) is 123 cm³/mol. The largest absolute Gasteiger partial charge is 0.492 e. The maximum Gasteiger partial charge on any atom is 0.255 e. The SMILES string of the molecule is O=C1CCC(N2Cc3cc(OCC4CCCCN4Cc4cc[nH]c(=O)c4)ccc3C2=O)C(=O)N1. The fraction of sp³-hybridized carbons (Fsp3) is 0.440. The monoisotopic (exact) mass is 464 g/mol. The van der Waals surface area contributed by atoms with Crippen molar-refractivity contribution in [1.29, 1.82) is 0 Å². The minimum absolute atomic E-state index is 0.0960. The summed E-state index contributed by atoms with van der Waals surface area (Å²) >= 11 is 0. The van der Waals surface area contributed by atoms with Crippen molar-refractivity contribution in [3.8, 4) is 5.75 Å². The normalized spacial score (nSPS) is 23.1. The Morgan fingerprint density at radius 2 is 1.91 bits per heavy atom. The molecule has 9 nitrogen and oxygen atoms in total. The first-order valence-corrected chi connectivity index (χ1v) is 11.8. The number of nitrogens with zero attached hydrogens (tertiary/aromatic N) is 2. The van der Waals surface area contributed by atoms with Gasteiger partial charge >= 0.3 is 0 Å². The highest BCUT2D eigenvalue weighted by Crippen LogP contribution is 2.30. The number of amides is 3. The maximum absolute atomic E-state index is 12.9. The number of likely N-dealkylation sites (tertiary alicyclic amines) is 1. The maximum atomic E-state index is 12.9. The lowest BCUT2D eigenvalue weighted by Gasteiger charge is -2.35. The number of H-pyrrole nitrogens is 1. The van der Waals surface area contributed by atoms with Crippen molar-refractivity contribution in [2.24, 2.45) is 0 Å². The van der Waals surface area contributed by atoms with Crippen LogP contribution in [0.4, 0.5) is 0 Å². The summed E-state index contributed by atoms with van der Waals surface area (Å²) in [6, 6.07) is 8.62. The zero-order chi connectivity index (χ0) is 23.7. The van der Waals surface area contributed by atoms with Crippen molar-refractivity contribution in [1.82, 2.24) is 20.1 Å². The van der Waals surface area contributed by atoms with Crippen molar-refractivity contribution >= 4 is 17.7 Å². The van der Waals surface area contributed by atoms with Gasteiger partial charge in [0.25, 0.3) is 5.91 Å². The molecule has 0 aliphatic carbocycles. The van der Waals surface area contributed by atoms with E-state index in [9.17, 15) is 19.2 Å². The van der Waals surface area contributed by atoms with Crippen LogP contribution in [0.25, 0.3) is 0 Å². The Bertz CT molecular complexity index is 1180. The van der Waals surface area contributed by atoms with Crippen LogP contribution in [0.15, 0.2) is 41.3 Å². The summed E-state index contributed by atoms with van der Waals surface area (Å²) in [5.41, 5.74) is 2.29. The first-order valence-electron chi connectivity index (χ1n) is 11.8. The third kappa shape index (κ3) is 4.61.